The fraction of sp³-hybridized carbons (Fsp3) is 0.211. The van der Waals surface area contributed by atoms with Gasteiger partial charge in [0.1, 0.15) is 5.75 Å². The van der Waals surface area contributed by atoms with Crippen LogP contribution in [-0.4, -0.2) is 36.0 Å². The van der Waals surface area contributed by atoms with E-state index in [0.29, 0.717) is 11.5 Å². The Kier molecular flexibility index (Phi) is 4.90. The fourth-order valence-corrected chi connectivity index (χ4v) is 2.57. The van der Waals surface area contributed by atoms with E-state index in [4.69, 9.17) is 9.47 Å². The number of fused-ring (bicyclic) bond motifs is 1. The van der Waals surface area contributed by atoms with E-state index in [-0.39, 0.29) is 12.4 Å². The Morgan fingerprint density at radius 1 is 1.16 bits per heavy atom. The molecule has 2 aromatic carbocycles. The third-order valence-corrected chi connectivity index (χ3v) is 3.85. The maximum Gasteiger partial charge on any atom is 0.330 e. The number of ether oxygens (including phenoxy) is 3. The smallest absolute Gasteiger partial charge is 0.330 e. The molecule has 0 aliphatic carbocycles. The van der Waals surface area contributed by atoms with Gasteiger partial charge in [-0.3, -0.25) is 0 Å². The Balaban J connectivity index is 1.85. The first-order valence-corrected chi connectivity index (χ1v) is 7.74. The molecule has 2 aromatic rings. The third kappa shape index (κ3) is 3.75. The summed E-state index contributed by atoms with van der Waals surface area (Å²) in [5, 5.41) is 19.1. The standard InChI is InChI=1S/C19H18O6/c1-23-18(22)9-3-12-2-8-15-16(10-12)24-17(11-20)19(25-15)13-4-6-14(21)7-5-13/h2-10,17,19-21H,11H2,1H3/b9-3+/t17-,19-/m1/s1. The Labute approximate surface area is 144 Å². The molecule has 2 atom stereocenters. The maximum atomic E-state index is 11.2. The Morgan fingerprint density at radius 3 is 2.60 bits per heavy atom. The Bertz CT molecular complexity index is 781. The van der Waals surface area contributed by atoms with Crippen molar-refractivity contribution in [2.45, 2.75) is 12.2 Å². The minimum Gasteiger partial charge on any atom is -0.508 e. The van der Waals surface area contributed by atoms with E-state index in [9.17, 15) is 15.0 Å². The molecule has 0 radical (unpaired) electrons. The van der Waals surface area contributed by atoms with E-state index < -0.39 is 18.2 Å². The number of phenolic OH excluding ortho intramolecular Hbond substituents is 1. The lowest BCUT2D eigenvalue weighted by molar-refractivity contribution is -0.134. The largest absolute Gasteiger partial charge is 0.508 e. The van der Waals surface area contributed by atoms with E-state index in [2.05, 4.69) is 4.74 Å². The number of aliphatic hydroxyl groups is 1. The highest BCUT2D eigenvalue weighted by Gasteiger charge is 2.32. The molecule has 0 amide bonds. The van der Waals surface area contributed by atoms with Crippen molar-refractivity contribution in [3.63, 3.8) is 0 Å². The molecule has 0 saturated carbocycles. The number of phenols is 1. The second kappa shape index (κ2) is 7.27. The zero-order valence-corrected chi connectivity index (χ0v) is 13.6. The van der Waals surface area contributed by atoms with Crippen molar-refractivity contribution in [2.75, 3.05) is 13.7 Å². The lowest BCUT2D eigenvalue weighted by atomic mass is 10.0. The van der Waals surface area contributed by atoms with Crippen LogP contribution < -0.4 is 9.47 Å². The van der Waals surface area contributed by atoms with E-state index in [0.717, 1.165) is 11.1 Å². The van der Waals surface area contributed by atoms with Gasteiger partial charge in [0.15, 0.2) is 23.7 Å². The van der Waals surface area contributed by atoms with Crippen LogP contribution in [0, 0.1) is 0 Å². The monoisotopic (exact) mass is 342 g/mol. The van der Waals surface area contributed by atoms with Crippen LogP contribution in [0.3, 0.4) is 0 Å². The molecule has 25 heavy (non-hydrogen) atoms. The average Bonchev–Trinajstić information content (AvgIpc) is 2.65. The quantitative estimate of drug-likeness (QED) is 0.656. The van der Waals surface area contributed by atoms with Crippen LogP contribution in [0.25, 0.3) is 6.08 Å². The second-order valence-electron chi connectivity index (χ2n) is 5.53. The summed E-state index contributed by atoms with van der Waals surface area (Å²) in [7, 11) is 1.31. The highest BCUT2D eigenvalue weighted by molar-refractivity contribution is 5.87. The van der Waals surface area contributed by atoms with Gasteiger partial charge in [0.25, 0.3) is 0 Å². The number of carbonyl (C=O) groups is 1. The van der Waals surface area contributed by atoms with Gasteiger partial charge in [-0.25, -0.2) is 4.79 Å². The van der Waals surface area contributed by atoms with Crippen molar-refractivity contribution in [3.05, 3.63) is 59.7 Å². The molecule has 0 bridgehead atoms. The van der Waals surface area contributed by atoms with Gasteiger partial charge in [-0.15, -0.1) is 0 Å². The minimum absolute atomic E-state index is 0.156. The van der Waals surface area contributed by atoms with Crippen molar-refractivity contribution in [1.82, 2.24) is 0 Å². The maximum absolute atomic E-state index is 11.2. The zero-order valence-electron chi connectivity index (χ0n) is 13.6. The van der Waals surface area contributed by atoms with Gasteiger partial charge in [-0.2, -0.15) is 0 Å². The SMILES string of the molecule is COC(=O)/C=C/c1ccc2c(c1)O[C@H](CO)[C@@H](c1ccc(O)cc1)O2. The van der Waals surface area contributed by atoms with E-state index >= 15 is 0 Å². The molecular weight excluding hydrogens is 324 g/mol. The van der Waals surface area contributed by atoms with Gasteiger partial charge in [-0.05, 0) is 41.5 Å². The lowest BCUT2D eigenvalue weighted by Gasteiger charge is -2.33. The van der Waals surface area contributed by atoms with Crippen molar-refractivity contribution in [1.29, 1.82) is 0 Å². The summed E-state index contributed by atoms with van der Waals surface area (Å²) in [6.45, 7) is -0.229. The topological polar surface area (TPSA) is 85.2 Å². The van der Waals surface area contributed by atoms with Crippen molar-refractivity contribution >= 4 is 12.0 Å². The zero-order chi connectivity index (χ0) is 17.8. The van der Waals surface area contributed by atoms with Gasteiger partial charge in [0.05, 0.1) is 13.7 Å². The number of hydrogen-bond acceptors (Lipinski definition) is 6. The molecule has 6 nitrogen and oxygen atoms in total. The van der Waals surface area contributed by atoms with Crippen molar-refractivity contribution < 1.29 is 29.2 Å². The van der Waals surface area contributed by atoms with Gasteiger partial charge in [-0.1, -0.05) is 18.2 Å². The average molecular weight is 342 g/mol. The Morgan fingerprint density at radius 2 is 1.92 bits per heavy atom. The molecular formula is C19H18O6. The predicted molar refractivity (Wildman–Crippen MR) is 90.5 cm³/mol. The number of carbonyl (C=O) groups excluding carboxylic acids is 1. The molecule has 3 rings (SSSR count). The summed E-state index contributed by atoms with van der Waals surface area (Å²) in [6, 6.07) is 11.8. The highest BCUT2D eigenvalue weighted by Crippen LogP contribution is 2.40. The Hall–Kier alpha value is -2.99. The first-order chi connectivity index (χ1) is 12.1. The van der Waals surface area contributed by atoms with Gasteiger partial charge >= 0.3 is 5.97 Å². The second-order valence-corrected chi connectivity index (χ2v) is 5.53. The van der Waals surface area contributed by atoms with Crippen LogP contribution in [0.15, 0.2) is 48.5 Å². The number of aliphatic hydroxyl groups excluding tert-OH is 1. The van der Waals surface area contributed by atoms with Crippen molar-refractivity contribution in [2.24, 2.45) is 0 Å². The molecule has 6 heteroatoms. The summed E-state index contributed by atoms with van der Waals surface area (Å²) in [5.74, 6) is 0.734. The van der Waals surface area contributed by atoms with Crippen LogP contribution in [-0.2, 0) is 9.53 Å². The summed E-state index contributed by atoms with van der Waals surface area (Å²) >= 11 is 0. The summed E-state index contributed by atoms with van der Waals surface area (Å²) in [5.41, 5.74) is 1.53. The minimum atomic E-state index is -0.586. The molecule has 2 N–H and O–H groups in total. The fourth-order valence-electron chi connectivity index (χ4n) is 2.57. The molecule has 0 spiro atoms. The molecule has 1 aliphatic rings. The van der Waals surface area contributed by atoms with Crippen LogP contribution in [0.2, 0.25) is 0 Å². The number of methoxy groups -OCH3 is 1. The van der Waals surface area contributed by atoms with Crippen molar-refractivity contribution in [3.8, 4) is 17.2 Å². The summed E-state index contributed by atoms with van der Waals surface area (Å²) in [6.07, 6.45) is 1.84. The summed E-state index contributed by atoms with van der Waals surface area (Å²) in [4.78, 5) is 11.2. The van der Waals surface area contributed by atoms with E-state index in [1.165, 1.54) is 13.2 Å². The van der Waals surface area contributed by atoms with Gasteiger partial charge < -0.3 is 24.4 Å². The normalized spacial score (nSPS) is 19.0. The molecule has 1 aliphatic heterocycles. The van der Waals surface area contributed by atoms with Crippen LogP contribution >= 0.6 is 0 Å². The highest BCUT2D eigenvalue weighted by atomic mass is 16.6. The summed E-state index contributed by atoms with van der Waals surface area (Å²) < 4.78 is 16.4. The van der Waals surface area contributed by atoms with Crippen LogP contribution in [0.5, 0.6) is 17.2 Å². The molecule has 1 heterocycles. The predicted octanol–water partition coefficient (Wildman–Crippen LogP) is 2.45. The molecule has 0 aromatic heterocycles. The first kappa shape index (κ1) is 16.9. The molecule has 0 saturated heterocycles. The van der Waals surface area contributed by atoms with Gasteiger partial charge in [0.2, 0.25) is 0 Å². The van der Waals surface area contributed by atoms with E-state index in [1.807, 2.05) is 0 Å². The molecule has 0 fully saturated rings. The number of benzene rings is 2. The third-order valence-electron chi connectivity index (χ3n) is 3.85. The number of hydrogen-bond donors (Lipinski definition) is 2. The lowest BCUT2D eigenvalue weighted by Crippen LogP contribution is -2.36. The molecule has 130 valence electrons. The van der Waals surface area contributed by atoms with E-state index in [1.54, 1.807) is 48.5 Å². The molecule has 0 unspecified atom stereocenters. The number of aromatic hydroxyl groups is 1. The van der Waals surface area contributed by atoms with Gasteiger partial charge in [0, 0.05) is 6.08 Å². The first-order valence-electron chi connectivity index (χ1n) is 7.74. The number of esters is 1. The number of rotatable bonds is 4. The van der Waals surface area contributed by atoms with Crippen LogP contribution in [0.4, 0.5) is 0 Å². The van der Waals surface area contributed by atoms with Crippen LogP contribution in [0.1, 0.15) is 17.2 Å².